The highest BCUT2D eigenvalue weighted by Gasteiger charge is 2.23. The van der Waals surface area contributed by atoms with E-state index in [1.807, 2.05) is 0 Å². The van der Waals surface area contributed by atoms with Crippen LogP contribution in [0.1, 0.15) is 56.6 Å². The summed E-state index contributed by atoms with van der Waals surface area (Å²) in [4.78, 5) is 0. The van der Waals surface area contributed by atoms with Gasteiger partial charge in [0.05, 0.1) is 0 Å². The van der Waals surface area contributed by atoms with Gasteiger partial charge in [-0.3, -0.25) is 0 Å². The minimum Gasteiger partial charge on any atom is -0.316 e. The van der Waals surface area contributed by atoms with Gasteiger partial charge in [-0.05, 0) is 63.1 Å². The van der Waals surface area contributed by atoms with Crippen LogP contribution < -0.4 is 5.32 Å². The minimum atomic E-state index is 0.878. The summed E-state index contributed by atoms with van der Waals surface area (Å²) in [5.74, 6) is 1.76. The van der Waals surface area contributed by atoms with E-state index < -0.39 is 0 Å². The molecule has 0 saturated heterocycles. The van der Waals surface area contributed by atoms with Gasteiger partial charge in [0.25, 0.3) is 0 Å². The van der Waals surface area contributed by atoms with Crippen molar-refractivity contribution in [3.8, 4) is 0 Å². The van der Waals surface area contributed by atoms with Crippen LogP contribution in [-0.2, 0) is 6.42 Å². The lowest BCUT2D eigenvalue weighted by atomic mass is 9.83. The molecular formula is C19H31N. The monoisotopic (exact) mass is 273 g/mol. The molecule has 1 N–H and O–H groups in total. The maximum absolute atomic E-state index is 3.66. The number of nitrogens with one attached hydrogen (secondary N) is 1. The van der Waals surface area contributed by atoms with Gasteiger partial charge in [0.15, 0.2) is 0 Å². The fourth-order valence-electron chi connectivity index (χ4n) is 3.60. The van der Waals surface area contributed by atoms with E-state index in [1.54, 1.807) is 0 Å². The Kier molecular flexibility index (Phi) is 6.59. The van der Waals surface area contributed by atoms with E-state index in [9.17, 15) is 0 Å². The fourth-order valence-corrected chi connectivity index (χ4v) is 3.60. The van der Waals surface area contributed by atoms with E-state index in [0.717, 1.165) is 11.8 Å². The summed E-state index contributed by atoms with van der Waals surface area (Å²) in [7, 11) is 0. The first-order valence-electron chi connectivity index (χ1n) is 8.56. The summed E-state index contributed by atoms with van der Waals surface area (Å²) in [6.07, 6.45) is 9.67. The standard InChI is InChI=1S/C19H31N/c1-3-12-20-15-19-11-6-4-5-10-18(19)14-17-9-7-8-16(2)13-17/h7-9,13,18-20H,3-6,10-12,14-15H2,1-2H3. The van der Waals surface area contributed by atoms with E-state index in [1.165, 1.54) is 69.2 Å². The van der Waals surface area contributed by atoms with Crippen molar-refractivity contribution in [2.45, 2.75) is 58.8 Å². The second-order valence-electron chi connectivity index (χ2n) is 6.56. The highest BCUT2D eigenvalue weighted by Crippen LogP contribution is 2.31. The molecule has 2 unspecified atom stereocenters. The van der Waals surface area contributed by atoms with Crippen molar-refractivity contribution in [3.05, 3.63) is 35.4 Å². The molecule has 1 heteroatoms. The van der Waals surface area contributed by atoms with Crippen LogP contribution in [-0.4, -0.2) is 13.1 Å². The Hall–Kier alpha value is -0.820. The zero-order valence-electron chi connectivity index (χ0n) is 13.3. The Labute approximate surface area is 125 Å². The topological polar surface area (TPSA) is 12.0 Å². The Bertz CT molecular complexity index is 385. The second-order valence-corrected chi connectivity index (χ2v) is 6.56. The molecule has 1 aliphatic carbocycles. The molecule has 20 heavy (non-hydrogen) atoms. The van der Waals surface area contributed by atoms with Crippen molar-refractivity contribution in [1.82, 2.24) is 5.32 Å². The van der Waals surface area contributed by atoms with Crippen LogP contribution in [0.2, 0.25) is 0 Å². The molecule has 0 spiro atoms. The van der Waals surface area contributed by atoms with Crippen LogP contribution in [0.3, 0.4) is 0 Å². The lowest BCUT2D eigenvalue weighted by Crippen LogP contribution is -2.29. The van der Waals surface area contributed by atoms with Gasteiger partial charge in [-0.2, -0.15) is 0 Å². The molecule has 0 bridgehead atoms. The smallest absolute Gasteiger partial charge is 0.00178 e. The zero-order valence-corrected chi connectivity index (χ0v) is 13.3. The predicted octanol–water partition coefficient (Wildman–Crippen LogP) is 4.73. The minimum absolute atomic E-state index is 0.878. The van der Waals surface area contributed by atoms with Crippen LogP contribution in [0.15, 0.2) is 24.3 Å². The van der Waals surface area contributed by atoms with Crippen LogP contribution >= 0.6 is 0 Å². The van der Waals surface area contributed by atoms with Gasteiger partial charge in [-0.15, -0.1) is 0 Å². The summed E-state index contributed by atoms with van der Waals surface area (Å²) in [5.41, 5.74) is 2.94. The van der Waals surface area contributed by atoms with Crippen molar-refractivity contribution < 1.29 is 0 Å². The molecule has 0 aliphatic heterocycles. The van der Waals surface area contributed by atoms with E-state index >= 15 is 0 Å². The number of aryl methyl sites for hydroxylation is 1. The summed E-state index contributed by atoms with van der Waals surface area (Å²) in [6, 6.07) is 9.11. The summed E-state index contributed by atoms with van der Waals surface area (Å²) in [6.45, 7) is 6.86. The summed E-state index contributed by atoms with van der Waals surface area (Å²) >= 11 is 0. The highest BCUT2D eigenvalue weighted by molar-refractivity contribution is 5.22. The number of hydrogen-bond acceptors (Lipinski definition) is 1. The average molecular weight is 273 g/mol. The van der Waals surface area contributed by atoms with Crippen molar-refractivity contribution >= 4 is 0 Å². The SMILES string of the molecule is CCCNCC1CCCCCC1Cc1cccc(C)c1. The molecule has 1 saturated carbocycles. The van der Waals surface area contributed by atoms with E-state index in [-0.39, 0.29) is 0 Å². The summed E-state index contributed by atoms with van der Waals surface area (Å²) < 4.78 is 0. The van der Waals surface area contributed by atoms with Gasteiger partial charge in [-0.25, -0.2) is 0 Å². The number of benzene rings is 1. The maximum Gasteiger partial charge on any atom is -0.00178 e. The first-order chi connectivity index (χ1) is 9.79. The molecule has 1 aromatic carbocycles. The van der Waals surface area contributed by atoms with Crippen LogP contribution in [0.4, 0.5) is 0 Å². The molecule has 1 aromatic rings. The highest BCUT2D eigenvalue weighted by atomic mass is 14.9. The van der Waals surface area contributed by atoms with E-state index in [2.05, 4.69) is 43.4 Å². The average Bonchev–Trinajstić information content (AvgIpc) is 2.65. The van der Waals surface area contributed by atoms with E-state index in [0.29, 0.717) is 0 Å². The lowest BCUT2D eigenvalue weighted by molar-refractivity contribution is 0.298. The molecule has 0 aromatic heterocycles. The molecule has 2 atom stereocenters. The first-order valence-corrected chi connectivity index (χ1v) is 8.56. The third-order valence-corrected chi connectivity index (χ3v) is 4.73. The normalized spacial score (nSPS) is 23.5. The van der Waals surface area contributed by atoms with Crippen molar-refractivity contribution in [3.63, 3.8) is 0 Å². The quantitative estimate of drug-likeness (QED) is 0.583. The summed E-state index contributed by atoms with van der Waals surface area (Å²) in [5, 5.41) is 3.66. The fraction of sp³-hybridized carbons (Fsp3) is 0.684. The van der Waals surface area contributed by atoms with Gasteiger partial charge in [-0.1, -0.05) is 56.0 Å². The Morgan fingerprint density at radius 1 is 1.10 bits per heavy atom. The maximum atomic E-state index is 3.66. The molecule has 0 radical (unpaired) electrons. The lowest BCUT2D eigenvalue weighted by Gasteiger charge is -2.26. The van der Waals surface area contributed by atoms with Gasteiger partial charge < -0.3 is 5.32 Å². The molecule has 1 aliphatic rings. The predicted molar refractivity (Wildman–Crippen MR) is 88.1 cm³/mol. The molecule has 1 nitrogen and oxygen atoms in total. The van der Waals surface area contributed by atoms with Crippen molar-refractivity contribution in [2.75, 3.05) is 13.1 Å². The van der Waals surface area contributed by atoms with Gasteiger partial charge in [0.2, 0.25) is 0 Å². The van der Waals surface area contributed by atoms with Crippen molar-refractivity contribution in [1.29, 1.82) is 0 Å². The van der Waals surface area contributed by atoms with Crippen LogP contribution in [0.5, 0.6) is 0 Å². The molecule has 0 amide bonds. The molecular weight excluding hydrogens is 242 g/mol. The molecule has 1 fully saturated rings. The van der Waals surface area contributed by atoms with Crippen LogP contribution in [0, 0.1) is 18.8 Å². The zero-order chi connectivity index (χ0) is 14.2. The largest absolute Gasteiger partial charge is 0.316 e. The Balaban J connectivity index is 1.96. The van der Waals surface area contributed by atoms with Gasteiger partial charge in [0, 0.05) is 0 Å². The Morgan fingerprint density at radius 3 is 2.65 bits per heavy atom. The third kappa shape index (κ3) is 4.94. The van der Waals surface area contributed by atoms with E-state index in [4.69, 9.17) is 0 Å². The molecule has 0 heterocycles. The Morgan fingerprint density at radius 2 is 1.90 bits per heavy atom. The number of rotatable bonds is 6. The van der Waals surface area contributed by atoms with Gasteiger partial charge >= 0.3 is 0 Å². The van der Waals surface area contributed by atoms with Gasteiger partial charge in [0.1, 0.15) is 0 Å². The van der Waals surface area contributed by atoms with Crippen LogP contribution in [0.25, 0.3) is 0 Å². The molecule has 2 rings (SSSR count). The molecule has 112 valence electrons. The third-order valence-electron chi connectivity index (χ3n) is 4.73. The first kappa shape index (κ1) is 15.6. The van der Waals surface area contributed by atoms with Crippen molar-refractivity contribution in [2.24, 2.45) is 11.8 Å². The second kappa shape index (κ2) is 8.46. The number of hydrogen-bond donors (Lipinski definition) is 1.